The average molecular weight is 369 g/mol. The summed E-state index contributed by atoms with van der Waals surface area (Å²) in [6, 6.07) is -0.0716. The van der Waals surface area contributed by atoms with Crippen LogP contribution in [0.4, 0.5) is 13.2 Å². The lowest BCUT2D eigenvalue weighted by Crippen LogP contribution is -2.34. The number of nitrogens with one attached hydrogen (secondary N) is 1. The van der Waals surface area contributed by atoms with Crippen molar-refractivity contribution in [1.29, 1.82) is 0 Å². The fourth-order valence-electron chi connectivity index (χ4n) is 3.01. The maximum Gasteiger partial charge on any atom is 0.435 e. The van der Waals surface area contributed by atoms with Crippen molar-refractivity contribution < 1.29 is 18.0 Å². The molecule has 1 N–H and O–H groups in total. The molecule has 0 aliphatic heterocycles. The van der Waals surface area contributed by atoms with Gasteiger partial charge in [0.1, 0.15) is 6.04 Å². The van der Waals surface area contributed by atoms with Crippen molar-refractivity contribution in [2.75, 3.05) is 0 Å². The molecule has 26 heavy (non-hydrogen) atoms. The lowest BCUT2D eigenvalue weighted by atomic mass is 10.1. The van der Waals surface area contributed by atoms with Gasteiger partial charge >= 0.3 is 6.18 Å². The number of rotatable bonds is 5. The number of carbonyl (C=O) groups excluding carboxylic acids is 1. The predicted molar refractivity (Wildman–Crippen MR) is 88.4 cm³/mol. The van der Waals surface area contributed by atoms with E-state index in [2.05, 4.69) is 15.5 Å². The van der Waals surface area contributed by atoms with Crippen LogP contribution in [0.15, 0.2) is 12.3 Å². The van der Waals surface area contributed by atoms with E-state index in [1.807, 2.05) is 13.8 Å². The molecule has 0 saturated heterocycles. The molecule has 1 saturated carbocycles. The van der Waals surface area contributed by atoms with Crippen molar-refractivity contribution in [2.24, 2.45) is 7.05 Å². The first-order chi connectivity index (χ1) is 12.1. The highest BCUT2D eigenvalue weighted by Crippen LogP contribution is 2.43. The molecule has 0 aromatic carbocycles. The second kappa shape index (κ2) is 6.44. The van der Waals surface area contributed by atoms with Gasteiger partial charge in [-0.2, -0.15) is 23.4 Å². The largest absolute Gasteiger partial charge is 0.435 e. The monoisotopic (exact) mass is 369 g/mol. The van der Waals surface area contributed by atoms with E-state index in [-0.39, 0.29) is 17.9 Å². The van der Waals surface area contributed by atoms with Crippen molar-refractivity contribution in [3.63, 3.8) is 0 Å². The second-order valence-corrected chi connectivity index (χ2v) is 6.89. The highest BCUT2D eigenvalue weighted by Gasteiger charge is 2.39. The van der Waals surface area contributed by atoms with E-state index in [9.17, 15) is 18.0 Å². The summed E-state index contributed by atoms with van der Waals surface area (Å²) < 4.78 is 42.0. The molecule has 9 heteroatoms. The molecule has 1 aliphatic carbocycles. The third-order valence-corrected chi connectivity index (χ3v) is 4.90. The van der Waals surface area contributed by atoms with Crippen LogP contribution < -0.4 is 5.32 Å². The van der Waals surface area contributed by atoms with Crippen LogP contribution >= 0.6 is 0 Å². The van der Waals surface area contributed by atoms with Gasteiger partial charge in [-0.05, 0) is 39.7 Å². The van der Waals surface area contributed by atoms with Gasteiger partial charge in [-0.1, -0.05) is 0 Å². The van der Waals surface area contributed by atoms with Gasteiger partial charge in [0, 0.05) is 29.9 Å². The van der Waals surface area contributed by atoms with Crippen molar-refractivity contribution in [2.45, 2.75) is 57.8 Å². The SMILES string of the molecule is Cc1c([C@@H](C)NC(=O)[C@@H](C)n2nc(C(F)(F)F)cc2C2CC2)cnn1C. The van der Waals surface area contributed by atoms with Crippen LogP contribution in [0.5, 0.6) is 0 Å². The molecule has 1 aliphatic rings. The van der Waals surface area contributed by atoms with Crippen molar-refractivity contribution in [3.8, 4) is 0 Å². The zero-order chi connectivity index (χ0) is 19.2. The number of carbonyl (C=O) groups is 1. The van der Waals surface area contributed by atoms with E-state index in [0.717, 1.165) is 30.2 Å². The Morgan fingerprint density at radius 3 is 2.50 bits per heavy atom. The summed E-state index contributed by atoms with van der Waals surface area (Å²) in [6.07, 6.45) is -1.20. The molecule has 2 aromatic heterocycles. The van der Waals surface area contributed by atoms with Gasteiger partial charge in [0.15, 0.2) is 5.69 Å². The molecule has 0 spiro atoms. The van der Waals surface area contributed by atoms with Crippen LogP contribution in [0, 0.1) is 6.92 Å². The minimum Gasteiger partial charge on any atom is -0.348 e. The third-order valence-electron chi connectivity index (χ3n) is 4.90. The minimum atomic E-state index is -4.52. The Kier molecular flexibility index (Phi) is 4.58. The highest BCUT2D eigenvalue weighted by atomic mass is 19.4. The number of hydrogen-bond acceptors (Lipinski definition) is 3. The summed E-state index contributed by atoms with van der Waals surface area (Å²) >= 11 is 0. The van der Waals surface area contributed by atoms with E-state index < -0.39 is 17.9 Å². The standard InChI is InChI=1S/C17H22F3N5O/c1-9(13-8-21-24(4)10(13)2)22-16(26)11(3)25-14(12-5-6-12)7-15(23-25)17(18,19)20/h7-9,11-12H,5-6H2,1-4H3,(H,22,26)/t9-,11-/m1/s1. The summed E-state index contributed by atoms with van der Waals surface area (Å²) in [5.74, 6) is -0.327. The Hall–Kier alpha value is -2.32. The Labute approximate surface area is 149 Å². The maximum atomic E-state index is 13.0. The minimum absolute atomic E-state index is 0.0480. The van der Waals surface area contributed by atoms with Crippen LogP contribution in [0.3, 0.4) is 0 Å². The van der Waals surface area contributed by atoms with E-state index in [4.69, 9.17) is 0 Å². The molecule has 6 nitrogen and oxygen atoms in total. The molecule has 0 radical (unpaired) electrons. The van der Waals surface area contributed by atoms with Crippen LogP contribution in [0.25, 0.3) is 0 Å². The summed E-state index contributed by atoms with van der Waals surface area (Å²) in [5.41, 5.74) is 1.31. The fraction of sp³-hybridized carbons (Fsp3) is 0.588. The van der Waals surface area contributed by atoms with Gasteiger partial charge in [-0.3, -0.25) is 14.2 Å². The number of amides is 1. The van der Waals surface area contributed by atoms with Gasteiger partial charge in [0.2, 0.25) is 5.91 Å². The van der Waals surface area contributed by atoms with Crippen LogP contribution in [0.1, 0.15) is 67.3 Å². The van der Waals surface area contributed by atoms with Gasteiger partial charge < -0.3 is 5.32 Å². The number of aromatic nitrogens is 4. The molecule has 1 amide bonds. The molecular weight excluding hydrogens is 347 g/mol. The number of hydrogen-bond donors (Lipinski definition) is 1. The summed E-state index contributed by atoms with van der Waals surface area (Å²) in [6.45, 7) is 5.28. The van der Waals surface area contributed by atoms with Gasteiger partial charge in [0.25, 0.3) is 0 Å². The first kappa shape index (κ1) is 18.5. The second-order valence-electron chi connectivity index (χ2n) is 6.89. The summed E-state index contributed by atoms with van der Waals surface area (Å²) in [4.78, 5) is 12.6. The Morgan fingerprint density at radius 1 is 1.35 bits per heavy atom. The smallest absolute Gasteiger partial charge is 0.348 e. The van der Waals surface area contributed by atoms with E-state index in [1.54, 1.807) is 24.9 Å². The van der Waals surface area contributed by atoms with E-state index >= 15 is 0 Å². The average Bonchev–Trinajstić information content (AvgIpc) is 3.21. The third kappa shape index (κ3) is 3.47. The number of aryl methyl sites for hydroxylation is 1. The molecule has 0 unspecified atom stereocenters. The number of alkyl halides is 3. The Bertz CT molecular complexity index is 819. The zero-order valence-electron chi connectivity index (χ0n) is 15.1. The normalized spacial score (nSPS) is 17.2. The van der Waals surface area contributed by atoms with Crippen molar-refractivity contribution in [3.05, 3.63) is 34.9 Å². The molecule has 2 heterocycles. The van der Waals surface area contributed by atoms with Crippen LogP contribution in [0.2, 0.25) is 0 Å². The first-order valence-electron chi connectivity index (χ1n) is 8.55. The molecule has 2 atom stereocenters. The Balaban J connectivity index is 1.80. The maximum absolute atomic E-state index is 13.0. The van der Waals surface area contributed by atoms with Crippen LogP contribution in [-0.2, 0) is 18.0 Å². The topological polar surface area (TPSA) is 64.7 Å². The number of nitrogens with zero attached hydrogens (tertiary/aromatic N) is 4. The molecular formula is C17H22F3N5O. The van der Waals surface area contributed by atoms with Crippen molar-refractivity contribution in [1.82, 2.24) is 24.9 Å². The van der Waals surface area contributed by atoms with Crippen LogP contribution in [-0.4, -0.2) is 25.5 Å². The fourth-order valence-corrected chi connectivity index (χ4v) is 3.01. The highest BCUT2D eigenvalue weighted by molar-refractivity contribution is 5.80. The molecule has 142 valence electrons. The zero-order valence-corrected chi connectivity index (χ0v) is 15.1. The van der Waals surface area contributed by atoms with Gasteiger partial charge in [-0.25, -0.2) is 0 Å². The van der Waals surface area contributed by atoms with E-state index in [1.165, 1.54) is 4.68 Å². The lowest BCUT2D eigenvalue weighted by Gasteiger charge is -2.19. The lowest BCUT2D eigenvalue weighted by molar-refractivity contribution is -0.142. The number of halogens is 3. The summed E-state index contributed by atoms with van der Waals surface area (Å²) in [7, 11) is 1.81. The Morgan fingerprint density at radius 2 is 2.00 bits per heavy atom. The molecule has 0 bridgehead atoms. The molecule has 3 rings (SSSR count). The molecule has 1 fully saturated rings. The quantitative estimate of drug-likeness (QED) is 0.880. The van der Waals surface area contributed by atoms with Crippen molar-refractivity contribution >= 4 is 5.91 Å². The molecule has 2 aromatic rings. The first-order valence-corrected chi connectivity index (χ1v) is 8.55. The van der Waals surface area contributed by atoms with Gasteiger partial charge in [-0.15, -0.1) is 0 Å². The van der Waals surface area contributed by atoms with Gasteiger partial charge in [0.05, 0.1) is 12.2 Å². The predicted octanol–water partition coefficient (Wildman–Crippen LogP) is 3.26. The summed E-state index contributed by atoms with van der Waals surface area (Å²) in [5, 5.41) is 10.7. The van der Waals surface area contributed by atoms with E-state index in [0.29, 0.717) is 5.69 Å².